The monoisotopic (exact) mass is 316 g/mol. The Morgan fingerprint density at radius 2 is 1.57 bits per heavy atom. The molecule has 0 aromatic carbocycles. The van der Waals surface area contributed by atoms with Gasteiger partial charge in [0.05, 0.1) is 0 Å². The first-order valence-corrected chi connectivity index (χ1v) is 10.4. The smallest absolute Gasteiger partial charge is 0.133 e. The summed E-state index contributed by atoms with van der Waals surface area (Å²) < 4.78 is 0. The van der Waals surface area contributed by atoms with E-state index in [1.54, 1.807) is 0 Å². The van der Waals surface area contributed by atoms with Crippen LogP contribution in [0.2, 0.25) is 0 Å². The van der Waals surface area contributed by atoms with Crippen LogP contribution in [0, 0.1) is 46.3 Å². The van der Waals surface area contributed by atoms with Crippen molar-refractivity contribution in [3.05, 3.63) is 0 Å². The number of carbonyl (C=O) groups excluding carboxylic acids is 1. The molecule has 0 saturated heterocycles. The van der Waals surface area contributed by atoms with E-state index in [1.165, 1.54) is 57.8 Å². The fourth-order valence-electron chi connectivity index (χ4n) is 8.14. The molecular formula is C22H36O. The van der Waals surface area contributed by atoms with Crippen LogP contribution in [0.25, 0.3) is 0 Å². The largest absolute Gasteiger partial charge is 0.300 e. The zero-order chi connectivity index (χ0) is 16.4. The lowest BCUT2D eigenvalue weighted by Crippen LogP contribution is -2.53. The zero-order valence-corrected chi connectivity index (χ0v) is 15.7. The van der Waals surface area contributed by atoms with Crippen LogP contribution in [0.15, 0.2) is 0 Å². The first kappa shape index (κ1) is 16.2. The molecule has 0 aliphatic heterocycles. The number of rotatable bonds is 1. The molecule has 130 valence electrons. The molecule has 0 N–H and O–H groups in total. The van der Waals surface area contributed by atoms with E-state index in [0.717, 1.165) is 29.6 Å². The van der Waals surface area contributed by atoms with Gasteiger partial charge in [0, 0.05) is 5.92 Å². The Hall–Kier alpha value is -0.330. The minimum atomic E-state index is 0.332. The maximum absolute atomic E-state index is 12.2. The second kappa shape index (κ2) is 5.33. The maximum atomic E-state index is 12.2. The lowest BCUT2D eigenvalue weighted by atomic mass is 9.44. The molecule has 4 aliphatic rings. The maximum Gasteiger partial charge on any atom is 0.133 e. The number of hydrogen-bond donors (Lipinski definition) is 0. The van der Waals surface area contributed by atoms with Crippen LogP contribution in [0.4, 0.5) is 0 Å². The summed E-state index contributed by atoms with van der Waals surface area (Å²) in [5.74, 6) is 5.50. The number of ketones is 1. The Labute approximate surface area is 143 Å². The molecule has 4 aliphatic carbocycles. The third kappa shape index (κ3) is 2.20. The Kier molecular flexibility index (Phi) is 3.75. The SMILES string of the molecule is CC(=O)[C@H]1CCC2C3CCC4C[C@@H](C)CC[C@]4(C)C3CC[C@@]21C. The average Bonchev–Trinajstić information content (AvgIpc) is 2.85. The predicted molar refractivity (Wildman–Crippen MR) is 95.1 cm³/mol. The molecule has 0 heterocycles. The number of Topliss-reactive ketones (excluding diaryl/α,β-unsaturated/α-hetero) is 1. The lowest BCUT2D eigenvalue weighted by molar-refractivity contribution is -0.135. The normalized spacial score (nSPS) is 55.7. The number of hydrogen-bond acceptors (Lipinski definition) is 1. The van der Waals surface area contributed by atoms with E-state index < -0.39 is 0 Å². The summed E-state index contributed by atoms with van der Waals surface area (Å²) in [5.41, 5.74) is 0.948. The molecule has 4 saturated carbocycles. The molecule has 0 spiro atoms. The van der Waals surface area contributed by atoms with Crippen molar-refractivity contribution in [3.63, 3.8) is 0 Å². The van der Waals surface area contributed by atoms with Crippen LogP contribution in [-0.4, -0.2) is 5.78 Å². The van der Waals surface area contributed by atoms with Crippen molar-refractivity contribution in [1.29, 1.82) is 0 Å². The van der Waals surface area contributed by atoms with Gasteiger partial charge in [-0.1, -0.05) is 27.2 Å². The Balaban J connectivity index is 1.61. The topological polar surface area (TPSA) is 17.1 Å². The van der Waals surface area contributed by atoms with Crippen molar-refractivity contribution in [1.82, 2.24) is 0 Å². The van der Waals surface area contributed by atoms with Gasteiger partial charge in [-0.15, -0.1) is 0 Å². The Morgan fingerprint density at radius 1 is 0.870 bits per heavy atom. The Bertz CT molecular complexity index is 496. The quantitative estimate of drug-likeness (QED) is 0.591. The van der Waals surface area contributed by atoms with Crippen LogP contribution in [0.5, 0.6) is 0 Å². The van der Waals surface area contributed by atoms with Gasteiger partial charge in [-0.25, -0.2) is 0 Å². The summed E-state index contributed by atoms with van der Waals surface area (Å²) in [5, 5.41) is 0. The molecule has 0 aromatic rings. The van der Waals surface area contributed by atoms with E-state index in [1.807, 2.05) is 6.92 Å². The van der Waals surface area contributed by atoms with E-state index in [4.69, 9.17) is 0 Å². The Morgan fingerprint density at radius 3 is 2.30 bits per heavy atom. The minimum absolute atomic E-state index is 0.332. The predicted octanol–water partition coefficient (Wildman–Crippen LogP) is 5.87. The second-order valence-corrected chi connectivity index (χ2v) is 10.3. The van der Waals surface area contributed by atoms with Crippen LogP contribution in [0.1, 0.15) is 85.5 Å². The molecule has 0 aromatic heterocycles. The highest BCUT2D eigenvalue weighted by molar-refractivity contribution is 5.79. The van der Waals surface area contributed by atoms with Gasteiger partial charge >= 0.3 is 0 Å². The van der Waals surface area contributed by atoms with Gasteiger partial charge in [0.15, 0.2) is 0 Å². The minimum Gasteiger partial charge on any atom is -0.300 e. The van der Waals surface area contributed by atoms with Gasteiger partial charge in [-0.05, 0) is 98.7 Å². The summed E-state index contributed by atoms with van der Waals surface area (Å²) in [7, 11) is 0. The van der Waals surface area contributed by atoms with Crippen molar-refractivity contribution in [3.8, 4) is 0 Å². The van der Waals surface area contributed by atoms with Crippen molar-refractivity contribution in [2.75, 3.05) is 0 Å². The van der Waals surface area contributed by atoms with E-state index in [9.17, 15) is 4.79 Å². The molecule has 0 radical (unpaired) electrons. The molecule has 4 rings (SSSR count). The number of fused-ring (bicyclic) bond motifs is 5. The summed E-state index contributed by atoms with van der Waals surface area (Å²) in [6, 6.07) is 0. The molecule has 8 atom stereocenters. The molecule has 1 nitrogen and oxygen atoms in total. The third-order valence-corrected chi connectivity index (χ3v) is 9.42. The summed E-state index contributed by atoms with van der Waals surface area (Å²) in [6.45, 7) is 9.45. The third-order valence-electron chi connectivity index (χ3n) is 9.42. The van der Waals surface area contributed by atoms with Crippen LogP contribution in [0.3, 0.4) is 0 Å². The highest BCUT2D eigenvalue weighted by Gasteiger charge is 2.60. The fraction of sp³-hybridized carbons (Fsp3) is 0.955. The first-order valence-electron chi connectivity index (χ1n) is 10.4. The standard InChI is InChI=1S/C22H36O/c1-14-9-11-21(3)16(13-14)5-6-17-19-8-7-18(15(2)23)22(19,4)12-10-20(17)21/h14,16-20H,5-13H2,1-4H3/t14-,16?,17?,18+,19?,20?,21-,22+/m0/s1. The summed E-state index contributed by atoms with van der Waals surface area (Å²) in [6.07, 6.45) is 12.6. The van der Waals surface area contributed by atoms with Crippen LogP contribution < -0.4 is 0 Å². The van der Waals surface area contributed by atoms with Gasteiger partial charge in [0.25, 0.3) is 0 Å². The van der Waals surface area contributed by atoms with E-state index >= 15 is 0 Å². The lowest BCUT2D eigenvalue weighted by Gasteiger charge is -2.61. The van der Waals surface area contributed by atoms with Gasteiger partial charge in [0.2, 0.25) is 0 Å². The summed E-state index contributed by atoms with van der Waals surface area (Å²) in [4.78, 5) is 12.2. The van der Waals surface area contributed by atoms with Gasteiger partial charge in [-0.3, -0.25) is 4.79 Å². The zero-order valence-electron chi connectivity index (χ0n) is 15.7. The molecule has 0 amide bonds. The van der Waals surface area contributed by atoms with Gasteiger partial charge < -0.3 is 0 Å². The molecule has 23 heavy (non-hydrogen) atoms. The summed E-state index contributed by atoms with van der Waals surface area (Å²) >= 11 is 0. The van der Waals surface area contributed by atoms with E-state index in [-0.39, 0.29) is 0 Å². The molecule has 0 bridgehead atoms. The van der Waals surface area contributed by atoms with Gasteiger partial charge in [0.1, 0.15) is 5.78 Å². The molecule has 4 unspecified atom stereocenters. The molecule has 1 heteroatoms. The van der Waals surface area contributed by atoms with Gasteiger partial charge in [-0.2, -0.15) is 0 Å². The van der Waals surface area contributed by atoms with Crippen LogP contribution >= 0.6 is 0 Å². The van der Waals surface area contributed by atoms with Crippen LogP contribution in [-0.2, 0) is 4.79 Å². The average molecular weight is 317 g/mol. The molecule has 4 fully saturated rings. The highest BCUT2D eigenvalue weighted by Crippen LogP contribution is 2.67. The highest BCUT2D eigenvalue weighted by atomic mass is 16.1. The molecular weight excluding hydrogens is 280 g/mol. The van der Waals surface area contributed by atoms with E-state index in [0.29, 0.717) is 22.5 Å². The second-order valence-electron chi connectivity index (χ2n) is 10.3. The van der Waals surface area contributed by atoms with Crippen molar-refractivity contribution < 1.29 is 4.79 Å². The fourth-order valence-corrected chi connectivity index (χ4v) is 8.14. The number of carbonyl (C=O) groups is 1. The van der Waals surface area contributed by atoms with Crippen molar-refractivity contribution >= 4 is 5.78 Å². The van der Waals surface area contributed by atoms with E-state index in [2.05, 4.69) is 20.8 Å². The van der Waals surface area contributed by atoms with Crippen molar-refractivity contribution in [2.45, 2.75) is 85.5 Å². The van der Waals surface area contributed by atoms with Crippen molar-refractivity contribution in [2.24, 2.45) is 46.3 Å². The first-order chi connectivity index (χ1) is 10.9.